The molecular formula is C21H20ClNO3S. The maximum atomic E-state index is 13.4. The smallest absolute Gasteiger partial charge is 0.272 e. The van der Waals surface area contributed by atoms with Crippen molar-refractivity contribution in [1.82, 2.24) is 0 Å². The maximum Gasteiger partial charge on any atom is 0.272 e. The molecule has 0 aliphatic carbocycles. The lowest BCUT2D eigenvalue weighted by atomic mass is 10.0. The number of nitrogens with zero attached hydrogens (tertiary/aromatic N) is 1. The van der Waals surface area contributed by atoms with Crippen LogP contribution in [0.4, 0.5) is 5.69 Å². The number of carbonyl (C=O) groups excluding carboxylic acids is 2. The quantitative estimate of drug-likeness (QED) is 0.655. The second-order valence-corrected chi connectivity index (χ2v) is 8.47. The van der Waals surface area contributed by atoms with Gasteiger partial charge in [-0.2, -0.15) is 0 Å². The van der Waals surface area contributed by atoms with Gasteiger partial charge in [-0.25, -0.2) is 4.90 Å². The summed E-state index contributed by atoms with van der Waals surface area (Å²) in [4.78, 5) is 28.3. The summed E-state index contributed by atoms with van der Waals surface area (Å²) in [6.07, 6.45) is 0. The number of amides is 2. The molecule has 27 heavy (non-hydrogen) atoms. The summed E-state index contributed by atoms with van der Waals surface area (Å²) in [7, 11) is 1.55. The zero-order valence-electron chi connectivity index (χ0n) is 15.6. The van der Waals surface area contributed by atoms with E-state index in [1.54, 1.807) is 37.4 Å². The number of imide groups is 1. The first kappa shape index (κ1) is 19.5. The van der Waals surface area contributed by atoms with Crippen LogP contribution in [0.2, 0.25) is 5.02 Å². The third kappa shape index (κ3) is 3.62. The van der Waals surface area contributed by atoms with Crippen molar-refractivity contribution in [3.05, 3.63) is 63.5 Å². The van der Waals surface area contributed by atoms with Crippen LogP contribution >= 0.6 is 23.4 Å². The lowest BCUT2D eigenvalue weighted by molar-refractivity contribution is -0.119. The Kier molecular flexibility index (Phi) is 5.63. The molecule has 0 bridgehead atoms. The summed E-state index contributed by atoms with van der Waals surface area (Å²) >= 11 is 7.43. The number of anilines is 1. The van der Waals surface area contributed by atoms with Gasteiger partial charge in [0, 0.05) is 15.8 Å². The van der Waals surface area contributed by atoms with Crippen LogP contribution in [0.25, 0.3) is 5.57 Å². The molecule has 2 aromatic carbocycles. The largest absolute Gasteiger partial charge is 0.496 e. The SMILES string of the molecule is COc1ccccc1C1=C(SC(C)C)C(=O)N(c2ccc(Cl)cc2C)C1=O. The fraction of sp³-hybridized carbons (Fsp3) is 0.238. The monoisotopic (exact) mass is 401 g/mol. The van der Waals surface area contributed by atoms with Crippen LogP contribution in [0.1, 0.15) is 25.0 Å². The number of halogens is 1. The number of benzene rings is 2. The van der Waals surface area contributed by atoms with Gasteiger partial charge in [0.1, 0.15) is 5.75 Å². The number of para-hydroxylation sites is 1. The van der Waals surface area contributed by atoms with E-state index in [0.717, 1.165) is 5.56 Å². The maximum absolute atomic E-state index is 13.4. The van der Waals surface area contributed by atoms with Crippen molar-refractivity contribution < 1.29 is 14.3 Å². The predicted molar refractivity (Wildman–Crippen MR) is 111 cm³/mol. The minimum Gasteiger partial charge on any atom is -0.496 e. The van der Waals surface area contributed by atoms with Crippen molar-refractivity contribution in [2.75, 3.05) is 12.0 Å². The van der Waals surface area contributed by atoms with E-state index in [-0.39, 0.29) is 17.1 Å². The zero-order chi connectivity index (χ0) is 19.7. The first-order chi connectivity index (χ1) is 12.8. The molecule has 0 saturated carbocycles. The van der Waals surface area contributed by atoms with Gasteiger partial charge >= 0.3 is 0 Å². The summed E-state index contributed by atoms with van der Waals surface area (Å²) in [5.41, 5.74) is 2.31. The van der Waals surface area contributed by atoms with Crippen molar-refractivity contribution in [3.8, 4) is 5.75 Å². The highest BCUT2D eigenvalue weighted by atomic mass is 35.5. The number of carbonyl (C=O) groups is 2. The minimum absolute atomic E-state index is 0.146. The fourth-order valence-corrected chi connectivity index (χ4v) is 4.24. The molecule has 2 aromatic rings. The molecule has 2 amide bonds. The second kappa shape index (κ2) is 7.79. The van der Waals surface area contributed by atoms with E-state index in [2.05, 4.69) is 0 Å². The molecule has 1 heterocycles. The van der Waals surface area contributed by atoms with Gasteiger partial charge in [0.05, 0.1) is 23.3 Å². The van der Waals surface area contributed by atoms with E-state index in [0.29, 0.717) is 32.5 Å². The lowest BCUT2D eigenvalue weighted by Crippen LogP contribution is -2.32. The Morgan fingerprint density at radius 2 is 1.78 bits per heavy atom. The number of methoxy groups -OCH3 is 1. The highest BCUT2D eigenvalue weighted by molar-refractivity contribution is 8.04. The molecule has 0 N–H and O–H groups in total. The summed E-state index contributed by atoms with van der Waals surface area (Å²) in [6, 6.07) is 12.4. The summed E-state index contributed by atoms with van der Waals surface area (Å²) in [5, 5.41) is 0.706. The molecule has 0 aromatic heterocycles. The standard InChI is InChI=1S/C21H20ClNO3S/c1-12(2)27-19-18(15-7-5-6-8-17(15)26-4)20(24)23(21(19)25)16-10-9-14(22)11-13(16)3/h5-12H,1-4H3. The molecular weight excluding hydrogens is 382 g/mol. The normalized spacial score (nSPS) is 14.5. The van der Waals surface area contributed by atoms with Crippen LogP contribution in [0.5, 0.6) is 5.75 Å². The Morgan fingerprint density at radius 3 is 2.41 bits per heavy atom. The van der Waals surface area contributed by atoms with Crippen molar-refractivity contribution >= 4 is 46.4 Å². The van der Waals surface area contributed by atoms with Crippen LogP contribution < -0.4 is 9.64 Å². The van der Waals surface area contributed by atoms with Gasteiger partial charge in [0.2, 0.25) is 0 Å². The van der Waals surface area contributed by atoms with Crippen LogP contribution in [-0.4, -0.2) is 24.2 Å². The number of rotatable bonds is 5. The lowest BCUT2D eigenvalue weighted by Gasteiger charge is -2.18. The van der Waals surface area contributed by atoms with Gasteiger partial charge in [-0.3, -0.25) is 9.59 Å². The average molecular weight is 402 g/mol. The molecule has 1 aliphatic rings. The molecule has 0 atom stereocenters. The van der Waals surface area contributed by atoms with E-state index in [1.165, 1.54) is 16.7 Å². The fourth-order valence-electron chi connectivity index (χ4n) is 3.03. The van der Waals surface area contributed by atoms with E-state index in [1.807, 2.05) is 32.9 Å². The van der Waals surface area contributed by atoms with Crippen LogP contribution in [0, 0.1) is 6.92 Å². The molecule has 0 unspecified atom stereocenters. The number of hydrogen-bond acceptors (Lipinski definition) is 4. The first-order valence-corrected chi connectivity index (χ1v) is 9.80. The van der Waals surface area contributed by atoms with E-state index >= 15 is 0 Å². The van der Waals surface area contributed by atoms with Crippen molar-refractivity contribution in [3.63, 3.8) is 0 Å². The summed E-state index contributed by atoms with van der Waals surface area (Å²) < 4.78 is 5.43. The van der Waals surface area contributed by atoms with Crippen LogP contribution in [0.15, 0.2) is 47.4 Å². The second-order valence-electron chi connectivity index (χ2n) is 6.45. The predicted octanol–water partition coefficient (Wildman–Crippen LogP) is 5.08. The molecule has 0 spiro atoms. The number of ether oxygens (including phenoxy) is 1. The molecule has 0 saturated heterocycles. The Labute approximate surface area is 168 Å². The van der Waals surface area contributed by atoms with Gasteiger partial charge in [0.25, 0.3) is 11.8 Å². The topological polar surface area (TPSA) is 46.6 Å². The number of aryl methyl sites for hydroxylation is 1. The molecule has 0 fully saturated rings. The van der Waals surface area contributed by atoms with Gasteiger partial charge < -0.3 is 4.74 Å². The van der Waals surface area contributed by atoms with Crippen molar-refractivity contribution in [2.45, 2.75) is 26.0 Å². The third-order valence-corrected chi connectivity index (χ3v) is 5.49. The van der Waals surface area contributed by atoms with Crippen molar-refractivity contribution in [1.29, 1.82) is 0 Å². The highest BCUT2D eigenvalue weighted by Gasteiger charge is 2.41. The van der Waals surface area contributed by atoms with Crippen LogP contribution in [-0.2, 0) is 9.59 Å². The zero-order valence-corrected chi connectivity index (χ0v) is 17.1. The molecule has 4 nitrogen and oxygen atoms in total. The Bertz CT molecular complexity index is 952. The Morgan fingerprint density at radius 1 is 1.07 bits per heavy atom. The Hall–Kier alpha value is -2.24. The van der Waals surface area contributed by atoms with Gasteiger partial charge in [-0.1, -0.05) is 43.6 Å². The average Bonchev–Trinajstić information content (AvgIpc) is 2.85. The third-order valence-electron chi connectivity index (χ3n) is 4.17. The number of hydrogen-bond donors (Lipinski definition) is 0. The summed E-state index contributed by atoms with van der Waals surface area (Å²) in [5.74, 6) is -0.103. The minimum atomic E-state index is -0.349. The summed E-state index contributed by atoms with van der Waals surface area (Å²) in [6.45, 7) is 5.81. The van der Waals surface area contributed by atoms with E-state index < -0.39 is 0 Å². The first-order valence-electron chi connectivity index (χ1n) is 8.54. The molecule has 0 radical (unpaired) electrons. The van der Waals surface area contributed by atoms with E-state index in [4.69, 9.17) is 16.3 Å². The molecule has 140 valence electrons. The van der Waals surface area contributed by atoms with Gasteiger partial charge in [-0.05, 0) is 36.8 Å². The van der Waals surface area contributed by atoms with Crippen molar-refractivity contribution in [2.24, 2.45) is 0 Å². The highest BCUT2D eigenvalue weighted by Crippen LogP contribution is 2.43. The van der Waals surface area contributed by atoms with Crippen LogP contribution in [0.3, 0.4) is 0 Å². The Balaban J connectivity index is 2.17. The molecule has 1 aliphatic heterocycles. The van der Waals surface area contributed by atoms with Gasteiger partial charge in [-0.15, -0.1) is 11.8 Å². The number of thioether (sulfide) groups is 1. The molecule has 3 rings (SSSR count). The van der Waals surface area contributed by atoms with Gasteiger partial charge in [0.15, 0.2) is 0 Å². The van der Waals surface area contributed by atoms with E-state index in [9.17, 15) is 9.59 Å². The molecule has 6 heteroatoms.